The molecule has 0 aliphatic heterocycles. The Labute approximate surface area is 162 Å². The third-order valence-electron chi connectivity index (χ3n) is 8.80. The number of carbonyl (C=O) groups is 3. The summed E-state index contributed by atoms with van der Waals surface area (Å²) in [4.78, 5) is 36.5. The van der Waals surface area contributed by atoms with Crippen molar-refractivity contribution in [1.29, 1.82) is 0 Å². The van der Waals surface area contributed by atoms with Crippen molar-refractivity contribution < 1.29 is 19.1 Å². The van der Waals surface area contributed by atoms with E-state index in [1.165, 1.54) is 6.92 Å². The summed E-state index contributed by atoms with van der Waals surface area (Å²) in [6.45, 7) is 7.51. The van der Waals surface area contributed by atoms with Crippen LogP contribution in [0.3, 0.4) is 0 Å². The van der Waals surface area contributed by atoms with Gasteiger partial charge in [0.25, 0.3) is 0 Å². The van der Waals surface area contributed by atoms with E-state index < -0.39 is 5.60 Å². The van der Waals surface area contributed by atoms with Gasteiger partial charge in [-0.25, -0.2) is 0 Å². The fraction of sp³-hybridized carbons (Fsp3) is 0.783. The van der Waals surface area contributed by atoms with Crippen LogP contribution in [-0.4, -0.2) is 23.1 Å². The molecule has 0 heterocycles. The highest BCUT2D eigenvalue weighted by molar-refractivity contribution is 5.91. The number of Topliss-reactive ketones (excluding diaryl/α,β-unsaturated/α-hetero) is 1. The summed E-state index contributed by atoms with van der Waals surface area (Å²) >= 11 is 0. The van der Waals surface area contributed by atoms with Gasteiger partial charge in [0.2, 0.25) is 0 Å². The van der Waals surface area contributed by atoms with E-state index >= 15 is 0 Å². The number of esters is 1. The molecule has 4 aliphatic carbocycles. The Bertz CT molecular complexity index is 709. The van der Waals surface area contributed by atoms with Gasteiger partial charge < -0.3 is 4.74 Å². The lowest BCUT2D eigenvalue weighted by Gasteiger charge is -2.57. The van der Waals surface area contributed by atoms with E-state index in [4.69, 9.17) is 4.74 Å². The summed E-state index contributed by atoms with van der Waals surface area (Å²) in [7, 11) is 0. The summed E-state index contributed by atoms with van der Waals surface area (Å²) < 4.78 is 5.81. The smallest absolute Gasteiger partial charge is 0.303 e. The topological polar surface area (TPSA) is 60.4 Å². The number of allylic oxidation sites excluding steroid dienone is 2. The van der Waals surface area contributed by atoms with Crippen LogP contribution in [0, 0.1) is 40.9 Å². The Morgan fingerprint density at radius 3 is 2.52 bits per heavy atom. The van der Waals surface area contributed by atoms with Crippen molar-refractivity contribution >= 4 is 17.5 Å². The molecule has 148 valence electrons. The van der Waals surface area contributed by atoms with E-state index in [-0.39, 0.29) is 23.0 Å². The Hall–Kier alpha value is -1.45. The lowest BCUT2D eigenvalue weighted by atomic mass is 9.48. The van der Waals surface area contributed by atoms with E-state index in [2.05, 4.69) is 19.9 Å². The minimum Gasteiger partial charge on any atom is -0.451 e. The van der Waals surface area contributed by atoms with Crippen LogP contribution < -0.4 is 0 Å². The highest BCUT2D eigenvalue weighted by Crippen LogP contribution is 2.66. The van der Waals surface area contributed by atoms with E-state index in [0.29, 0.717) is 48.3 Å². The van der Waals surface area contributed by atoms with Crippen molar-refractivity contribution in [1.82, 2.24) is 0 Å². The summed E-state index contributed by atoms with van der Waals surface area (Å²) in [5, 5.41) is 0. The molecule has 4 nitrogen and oxygen atoms in total. The van der Waals surface area contributed by atoms with Crippen LogP contribution in [-0.2, 0) is 19.1 Å². The van der Waals surface area contributed by atoms with Crippen LogP contribution in [0.5, 0.6) is 0 Å². The predicted octanol–water partition coefficient (Wildman–Crippen LogP) is 4.12. The molecule has 0 saturated heterocycles. The quantitative estimate of drug-likeness (QED) is 0.684. The van der Waals surface area contributed by atoms with Gasteiger partial charge in [-0.05, 0) is 80.6 Å². The van der Waals surface area contributed by atoms with Gasteiger partial charge in [0.15, 0.2) is 17.2 Å². The number of carbonyl (C=O) groups excluding carboxylic acids is 3. The van der Waals surface area contributed by atoms with Gasteiger partial charge in [-0.1, -0.05) is 19.9 Å². The van der Waals surface area contributed by atoms with Crippen molar-refractivity contribution in [3.05, 3.63) is 12.2 Å². The molecule has 0 N–H and O–H groups in total. The zero-order valence-electron chi connectivity index (χ0n) is 17.0. The first-order valence-corrected chi connectivity index (χ1v) is 10.6. The van der Waals surface area contributed by atoms with E-state index in [1.807, 2.05) is 0 Å². The van der Waals surface area contributed by atoms with Crippen LogP contribution >= 0.6 is 0 Å². The summed E-state index contributed by atoms with van der Waals surface area (Å²) in [5.74, 6) is 2.97. The molecule has 1 unspecified atom stereocenters. The van der Waals surface area contributed by atoms with Crippen LogP contribution in [0.4, 0.5) is 0 Å². The molecule has 4 heteroatoms. The zero-order chi connectivity index (χ0) is 19.6. The lowest BCUT2D eigenvalue weighted by molar-refractivity contribution is -0.187. The molecule has 3 fully saturated rings. The molecule has 0 amide bonds. The maximum atomic E-state index is 12.7. The number of ether oxygens (including phenoxy) is 1. The van der Waals surface area contributed by atoms with Gasteiger partial charge in [0.1, 0.15) is 0 Å². The SMILES string of the molecule is CC(=O)O[C@]1(C(C)=O)CC[C@H]2[C@@H]3C[C@H](C)C4CC(=O)C=C[C@@H]4[C@H]3CC[C@@]21C. The zero-order valence-corrected chi connectivity index (χ0v) is 17.0. The average Bonchev–Trinajstić information content (AvgIpc) is 2.89. The third kappa shape index (κ3) is 2.58. The first-order valence-electron chi connectivity index (χ1n) is 10.6. The standard InChI is InChI=1S/C23H32O4/c1-13-11-20-18(17-6-5-16(26)12-19(13)17)7-9-22(4)21(20)8-10-23(22,14(2)24)27-15(3)25/h5-6,13,17-21H,7-12H2,1-4H3/t13-,17+,18+,19?,20+,21-,22-,23-/m0/s1. The van der Waals surface area contributed by atoms with Gasteiger partial charge in [-0.2, -0.15) is 0 Å². The first kappa shape index (κ1) is 18.9. The second-order valence-corrected chi connectivity index (χ2v) is 9.89. The fourth-order valence-electron chi connectivity index (χ4n) is 7.64. The van der Waals surface area contributed by atoms with Gasteiger partial charge in [-0.3, -0.25) is 14.4 Å². The predicted molar refractivity (Wildman–Crippen MR) is 102 cm³/mol. The highest BCUT2D eigenvalue weighted by Gasteiger charge is 2.67. The fourth-order valence-corrected chi connectivity index (χ4v) is 7.64. The number of ketones is 2. The van der Waals surface area contributed by atoms with Crippen LogP contribution in [0.15, 0.2) is 12.2 Å². The molecule has 3 saturated carbocycles. The molecule has 4 rings (SSSR count). The molecule has 0 aromatic rings. The van der Waals surface area contributed by atoms with Crippen LogP contribution in [0.2, 0.25) is 0 Å². The van der Waals surface area contributed by atoms with E-state index in [0.717, 1.165) is 25.7 Å². The van der Waals surface area contributed by atoms with Gasteiger partial charge >= 0.3 is 5.97 Å². The van der Waals surface area contributed by atoms with Gasteiger partial charge in [0.05, 0.1) is 0 Å². The normalized spacial score (nSPS) is 48.4. The molecule has 0 bridgehead atoms. The monoisotopic (exact) mass is 372 g/mol. The van der Waals surface area contributed by atoms with Crippen molar-refractivity contribution in [2.75, 3.05) is 0 Å². The summed E-state index contributed by atoms with van der Waals surface area (Å²) in [6.07, 6.45) is 9.40. The third-order valence-corrected chi connectivity index (χ3v) is 8.80. The Morgan fingerprint density at radius 2 is 1.85 bits per heavy atom. The summed E-state index contributed by atoms with van der Waals surface area (Å²) in [5.41, 5.74) is -1.22. The van der Waals surface area contributed by atoms with Crippen LogP contribution in [0.1, 0.15) is 66.2 Å². The van der Waals surface area contributed by atoms with Crippen molar-refractivity contribution in [2.24, 2.45) is 40.9 Å². The van der Waals surface area contributed by atoms with Gasteiger partial charge in [0, 0.05) is 18.8 Å². The molecule has 27 heavy (non-hydrogen) atoms. The van der Waals surface area contributed by atoms with E-state index in [1.54, 1.807) is 13.0 Å². The average molecular weight is 373 g/mol. The number of hydrogen-bond donors (Lipinski definition) is 0. The Morgan fingerprint density at radius 1 is 1.11 bits per heavy atom. The minimum absolute atomic E-state index is 0.00560. The summed E-state index contributed by atoms with van der Waals surface area (Å²) in [6, 6.07) is 0. The number of hydrogen-bond acceptors (Lipinski definition) is 4. The molecule has 8 atom stereocenters. The molecule has 0 radical (unpaired) electrons. The number of fused-ring (bicyclic) bond motifs is 5. The maximum absolute atomic E-state index is 12.7. The second-order valence-electron chi connectivity index (χ2n) is 9.89. The minimum atomic E-state index is -0.951. The van der Waals surface area contributed by atoms with Crippen molar-refractivity contribution in [3.8, 4) is 0 Å². The Kier molecular flexibility index (Phi) is 4.40. The molecule has 0 spiro atoms. The van der Waals surface area contributed by atoms with Crippen LogP contribution in [0.25, 0.3) is 0 Å². The molecule has 0 aromatic carbocycles. The number of rotatable bonds is 2. The van der Waals surface area contributed by atoms with Crippen molar-refractivity contribution in [2.45, 2.75) is 71.8 Å². The molecule has 4 aliphatic rings. The maximum Gasteiger partial charge on any atom is 0.303 e. The van der Waals surface area contributed by atoms with E-state index in [9.17, 15) is 14.4 Å². The van der Waals surface area contributed by atoms with Crippen molar-refractivity contribution in [3.63, 3.8) is 0 Å². The highest BCUT2D eigenvalue weighted by atomic mass is 16.6. The second kappa shape index (κ2) is 6.28. The molecule has 0 aromatic heterocycles. The molecular formula is C23H32O4. The van der Waals surface area contributed by atoms with Gasteiger partial charge in [-0.15, -0.1) is 0 Å². The first-order chi connectivity index (χ1) is 12.7. The molecular weight excluding hydrogens is 340 g/mol. The largest absolute Gasteiger partial charge is 0.451 e. The Balaban J connectivity index is 1.69. The lowest BCUT2D eigenvalue weighted by Crippen LogP contribution is -2.58.